The minimum atomic E-state index is -0.234. The van der Waals surface area contributed by atoms with Crippen molar-refractivity contribution in [2.45, 2.75) is 19.8 Å². The minimum absolute atomic E-state index is 0.160. The lowest BCUT2D eigenvalue weighted by Crippen LogP contribution is -2.15. The summed E-state index contributed by atoms with van der Waals surface area (Å²) in [6.45, 7) is 2.10. The molecule has 2 heterocycles. The number of nitrogens with zero attached hydrogens (tertiary/aromatic N) is 3. The van der Waals surface area contributed by atoms with Crippen LogP contribution in [0.2, 0.25) is 0 Å². The molecule has 0 spiro atoms. The standard InChI is InChI=1S/C21H19N5O/c1-2-12-5-3-4-6-15(12)18-8-13-9-19(24-11-17(13)20(23)25-18)26-21(27)16-7-14(16)10-22/h3-6,8-9,11,14,16H,2,7H2,1H3,(H2,23,25)(H,24,26,27)/t14-,16-/m1/s1. The highest BCUT2D eigenvalue weighted by Gasteiger charge is 2.43. The van der Waals surface area contributed by atoms with Gasteiger partial charge < -0.3 is 11.1 Å². The lowest BCUT2D eigenvalue weighted by Gasteiger charge is -2.11. The van der Waals surface area contributed by atoms with E-state index in [-0.39, 0.29) is 17.7 Å². The van der Waals surface area contributed by atoms with Crippen LogP contribution < -0.4 is 11.1 Å². The Bertz CT molecular complexity index is 1090. The lowest BCUT2D eigenvalue weighted by atomic mass is 10.0. The summed E-state index contributed by atoms with van der Waals surface area (Å²) in [5.74, 6) is 0.290. The van der Waals surface area contributed by atoms with Crippen LogP contribution in [-0.2, 0) is 11.2 Å². The molecule has 134 valence electrons. The molecule has 6 heteroatoms. The highest BCUT2D eigenvalue weighted by molar-refractivity contribution is 5.98. The van der Waals surface area contributed by atoms with Gasteiger partial charge in [-0.3, -0.25) is 4.79 Å². The summed E-state index contributed by atoms with van der Waals surface area (Å²) in [4.78, 5) is 21.0. The van der Waals surface area contributed by atoms with E-state index >= 15 is 0 Å². The van der Waals surface area contributed by atoms with Gasteiger partial charge in [0.1, 0.15) is 11.6 Å². The fraction of sp³-hybridized carbons (Fsp3) is 0.238. The molecule has 1 aliphatic rings. The number of carbonyl (C=O) groups excluding carboxylic acids is 1. The molecule has 6 nitrogen and oxygen atoms in total. The molecule has 0 unspecified atom stereocenters. The van der Waals surface area contributed by atoms with Crippen molar-refractivity contribution in [1.82, 2.24) is 9.97 Å². The van der Waals surface area contributed by atoms with Crippen molar-refractivity contribution in [1.29, 1.82) is 5.26 Å². The summed E-state index contributed by atoms with van der Waals surface area (Å²) < 4.78 is 0. The summed E-state index contributed by atoms with van der Waals surface area (Å²) in [7, 11) is 0. The Hall–Kier alpha value is -3.46. The third-order valence-corrected chi connectivity index (χ3v) is 4.96. The number of nitrogen functional groups attached to an aromatic ring is 1. The number of hydrogen-bond donors (Lipinski definition) is 2. The number of hydrogen-bond acceptors (Lipinski definition) is 5. The van der Waals surface area contributed by atoms with E-state index in [0.29, 0.717) is 18.1 Å². The van der Waals surface area contributed by atoms with Gasteiger partial charge in [-0.25, -0.2) is 9.97 Å². The Morgan fingerprint density at radius 3 is 2.93 bits per heavy atom. The molecule has 1 fully saturated rings. The zero-order valence-electron chi connectivity index (χ0n) is 14.9. The molecule has 1 amide bonds. The number of carbonyl (C=O) groups is 1. The molecule has 1 aliphatic carbocycles. The first-order chi connectivity index (χ1) is 13.1. The molecule has 3 N–H and O–H groups in total. The molecular weight excluding hydrogens is 338 g/mol. The quantitative estimate of drug-likeness (QED) is 0.743. The Morgan fingerprint density at radius 1 is 1.37 bits per heavy atom. The highest BCUT2D eigenvalue weighted by atomic mass is 16.2. The molecule has 27 heavy (non-hydrogen) atoms. The summed E-state index contributed by atoms with van der Waals surface area (Å²) in [6, 6.07) is 14.0. The topological polar surface area (TPSA) is 105 Å². The Morgan fingerprint density at radius 2 is 2.19 bits per heavy atom. The van der Waals surface area contributed by atoms with Crippen LogP contribution in [0, 0.1) is 23.2 Å². The second kappa shape index (κ2) is 6.69. The average Bonchev–Trinajstić information content (AvgIpc) is 3.47. The molecule has 0 bridgehead atoms. The van der Waals surface area contributed by atoms with Crippen molar-refractivity contribution in [3.8, 4) is 17.3 Å². The molecule has 1 aromatic carbocycles. The number of aromatic nitrogens is 2. The molecular formula is C21H19N5O. The molecule has 2 aromatic heterocycles. The van der Waals surface area contributed by atoms with Crippen LogP contribution in [0.4, 0.5) is 11.6 Å². The molecule has 1 saturated carbocycles. The number of nitriles is 1. The smallest absolute Gasteiger partial charge is 0.230 e. The van der Waals surface area contributed by atoms with Crippen molar-refractivity contribution >= 4 is 28.3 Å². The van der Waals surface area contributed by atoms with Gasteiger partial charge >= 0.3 is 0 Å². The molecule has 2 atom stereocenters. The molecule has 4 rings (SSSR count). The maximum atomic E-state index is 12.2. The van der Waals surface area contributed by atoms with Crippen molar-refractivity contribution in [2.24, 2.45) is 11.8 Å². The van der Waals surface area contributed by atoms with Gasteiger partial charge in [0.25, 0.3) is 0 Å². The molecule has 0 saturated heterocycles. The van der Waals surface area contributed by atoms with E-state index in [1.165, 1.54) is 5.56 Å². The van der Waals surface area contributed by atoms with Gasteiger partial charge in [0.15, 0.2) is 0 Å². The van der Waals surface area contributed by atoms with E-state index in [9.17, 15) is 4.79 Å². The number of fused-ring (bicyclic) bond motifs is 1. The fourth-order valence-corrected chi connectivity index (χ4v) is 3.31. The van der Waals surface area contributed by atoms with Crippen LogP contribution in [-0.4, -0.2) is 15.9 Å². The number of nitrogens with two attached hydrogens (primary N) is 1. The number of rotatable bonds is 4. The first-order valence-corrected chi connectivity index (χ1v) is 8.95. The van der Waals surface area contributed by atoms with Gasteiger partial charge in [0, 0.05) is 17.1 Å². The molecule has 0 aliphatic heterocycles. The van der Waals surface area contributed by atoms with Crippen molar-refractivity contribution in [3.05, 3.63) is 48.2 Å². The van der Waals surface area contributed by atoms with Crippen LogP contribution in [0.15, 0.2) is 42.6 Å². The lowest BCUT2D eigenvalue weighted by molar-refractivity contribution is -0.117. The number of amides is 1. The minimum Gasteiger partial charge on any atom is -0.383 e. The van der Waals surface area contributed by atoms with E-state index in [2.05, 4.69) is 34.3 Å². The van der Waals surface area contributed by atoms with Gasteiger partial charge in [-0.15, -0.1) is 0 Å². The van der Waals surface area contributed by atoms with Crippen LogP contribution >= 0.6 is 0 Å². The van der Waals surface area contributed by atoms with Crippen molar-refractivity contribution in [2.75, 3.05) is 11.1 Å². The van der Waals surface area contributed by atoms with E-state index in [1.807, 2.05) is 24.3 Å². The van der Waals surface area contributed by atoms with E-state index in [1.54, 1.807) is 12.3 Å². The zero-order valence-corrected chi connectivity index (χ0v) is 14.9. The Labute approximate surface area is 157 Å². The number of pyridine rings is 2. The van der Waals surface area contributed by atoms with Crippen molar-refractivity contribution < 1.29 is 4.79 Å². The molecule has 0 radical (unpaired) electrons. The van der Waals surface area contributed by atoms with E-state index in [4.69, 9.17) is 11.0 Å². The fourth-order valence-electron chi connectivity index (χ4n) is 3.31. The van der Waals surface area contributed by atoms with Crippen molar-refractivity contribution in [3.63, 3.8) is 0 Å². The monoisotopic (exact) mass is 357 g/mol. The zero-order chi connectivity index (χ0) is 19.0. The first-order valence-electron chi connectivity index (χ1n) is 8.95. The largest absolute Gasteiger partial charge is 0.383 e. The molecule has 3 aromatic rings. The summed E-state index contributed by atoms with van der Waals surface area (Å²) >= 11 is 0. The average molecular weight is 357 g/mol. The second-order valence-corrected chi connectivity index (χ2v) is 6.76. The predicted octanol–water partition coefficient (Wildman–Crippen LogP) is 3.54. The van der Waals surface area contributed by atoms with Crippen LogP contribution in [0.25, 0.3) is 22.0 Å². The van der Waals surface area contributed by atoms with Gasteiger partial charge in [-0.05, 0) is 35.9 Å². The number of aryl methyl sites for hydroxylation is 1. The van der Waals surface area contributed by atoms with Crippen LogP contribution in [0.3, 0.4) is 0 Å². The summed E-state index contributed by atoms with van der Waals surface area (Å²) in [6.07, 6.45) is 3.14. The first kappa shape index (κ1) is 17.0. The van der Waals surface area contributed by atoms with Crippen LogP contribution in [0.5, 0.6) is 0 Å². The third kappa shape index (κ3) is 3.20. The SMILES string of the molecule is CCc1ccccc1-c1cc2cc(NC(=O)[C@@H]3C[C@@H]3C#N)ncc2c(N)n1. The highest BCUT2D eigenvalue weighted by Crippen LogP contribution is 2.38. The number of benzene rings is 1. The number of nitrogens with one attached hydrogen (secondary N) is 1. The van der Waals surface area contributed by atoms with E-state index in [0.717, 1.165) is 28.5 Å². The number of anilines is 2. The normalized spacial score (nSPS) is 18.1. The summed E-state index contributed by atoms with van der Waals surface area (Å²) in [5.41, 5.74) is 9.20. The summed E-state index contributed by atoms with van der Waals surface area (Å²) in [5, 5.41) is 13.3. The maximum absolute atomic E-state index is 12.2. The maximum Gasteiger partial charge on any atom is 0.230 e. The Balaban J connectivity index is 1.70. The van der Waals surface area contributed by atoms with Gasteiger partial charge in [-0.1, -0.05) is 31.2 Å². The van der Waals surface area contributed by atoms with Gasteiger partial charge in [-0.2, -0.15) is 5.26 Å². The van der Waals surface area contributed by atoms with Gasteiger partial charge in [0.2, 0.25) is 5.91 Å². The van der Waals surface area contributed by atoms with Gasteiger partial charge in [0.05, 0.1) is 23.6 Å². The third-order valence-electron chi connectivity index (χ3n) is 4.96. The van der Waals surface area contributed by atoms with E-state index < -0.39 is 0 Å². The van der Waals surface area contributed by atoms with Crippen LogP contribution in [0.1, 0.15) is 18.9 Å². The second-order valence-electron chi connectivity index (χ2n) is 6.76. The predicted molar refractivity (Wildman–Crippen MR) is 105 cm³/mol. The Kier molecular flexibility index (Phi) is 4.21.